The zero-order chi connectivity index (χ0) is 11.1. The van der Waals surface area contributed by atoms with Crippen LogP contribution in [0.5, 0.6) is 0 Å². The number of imide groups is 1. The molecule has 78 valence electrons. The maximum absolute atomic E-state index is 11.8. The van der Waals surface area contributed by atoms with Crippen molar-refractivity contribution in [1.82, 2.24) is 5.32 Å². The standard InChI is InChI=1S/C12H13NO2/c1-8-10(14)13-11(15)12(8,2)9-6-4-3-5-7-9/h3-8H,1-2H3,(H,13,14,15)/t8-,12+/m0/s1. The van der Waals surface area contributed by atoms with Crippen LogP contribution < -0.4 is 5.32 Å². The van der Waals surface area contributed by atoms with Crippen molar-refractivity contribution < 1.29 is 9.59 Å². The average molecular weight is 203 g/mol. The molecular formula is C12H13NO2. The van der Waals surface area contributed by atoms with Crippen LogP contribution in [-0.4, -0.2) is 11.8 Å². The molecule has 0 bridgehead atoms. The van der Waals surface area contributed by atoms with Gasteiger partial charge >= 0.3 is 0 Å². The van der Waals surface area contributed by atoms with Gasteiger partial charge in [-0.1, -0.05) is 37.3 Å². The van der Waals surface area contributed by atoms with Gasteiger partial charge in [0.05, 0.1) is 11.3 Å². The Bertz CT molecular complexity index is 413. The van der Waals surface area contributed by atoms with E-state index in [0.29, 0.717) is 0 Å². The lowest BCUT2D eigenvalue weighted by Gasteiger charge is -2.24. The lowest BCUT2D eigenvalue weighted by Crippen LogP contribution is -2.35. The van der Waals surface area contributed by atoms with E-state index in [4.69, 9.17) is 0 Å². The molecule has 1 aromatic carbocycles. The second-order valence-corrected chi connectivity index (χ2v) is 4.11. The fourth-order valence-corrected chi connectivity index (χ4v) is 1.97. The van der Waals surface area contributed by atoms with Crippen molar-refractivity contribution in [1.29, 1.82) is 0 Å². The van der Waals surface area contributed by atoms with Crippen LogP contribution in [-0.2, 0) is 15.0 Å². The van der Waals surface area contributed by atoms with E-state index in [2.05, 4.69) is 5.32 Å². The van der Waals surface area contributed by atoms with Gasteiger partial charge in [-0.2, -0.15) is 0 Å². The normalized spacial score (nSPS) is 30.4. The molecule has 0 unspecified atom stereocenters. The Hall–Kier alpha value is -1.64. The van der Waals surface area contributed by atoms with Crippen molar-refractivity contribution in [3.05, 3.63) is 35.9 Å². The first-order chi connectivity index (χ1) is 7.06. The first-order valence-corrected chi connectivity index (χ1v) is 4.97. The molecule has 0 aromatic heterocycles. The topological polar surface area (TPSA) is 46.2 Å². The van der Waals surface area contributed by atoms with Gasteiger partial charge in [-0.3, -0.25) is 14.9 Å². The van der Waals surface area contributed by atoms with Gasteiger partial charge in [0.1, 0.15) is 0 Å². The summed E-state index contributed by atoms with van der Waals surface area (Å²) in [5.41, 5.74) is 0.166. The van der Waals surface area contributed by atoms with Crippen LogP contribution in [0.4, 0.5) is 0 Å². The number of nitrogens with one attached hydrogen (secondary N) is 1. The summed E-state index contributed by atoms with van der Waals surface area (Å²) in [6.07, 6.45) is 0. The van der Waals surface area contributed by atoms with E-state index >= 15 is 0 Å². The summed E-state index contributed by atoms with van der Waals surface area (Å²) >= 11 is 0. The maximum Gasteiger partial charge on any atom is 0.237 e. The SMILES string of the molecule is C[C@H]1C(=O)NC(=O)[C@@]1(C)c1ccccc1. The molecule has 3 nitrogen and oxygen atoms in total. The summed E-state index contributed by atoms with van der Waals surface area (Å²) < 4.78 is 0. The van der Waals surface area contributed by atoms with Crippen molar-refractivity contribution >= 4 is 11.8 Å². The summed E-state index contributed by atoms with van der Waals surface area (Å²) in [5, 5.41) is 2.38. The molecule has 1 heterocycles. The van der Waals surface area contributed by atoms with Gasteiger partial charge < -0.3 is 0 Å². The second-order valence-electron chi connectivity index (χ2n) is 4.11. The zero-order valence-electron chi connectivity index (χ0n) is 8.78. The van der Waals surface area contributed by atoms with Gasteiger partial charge in [-0.25, -0.2) is 0 Å². The largest absolute Gasteiger partial charge is 0.295 e. The fourth-order valence-electron chi connectivity index (χ4n) is 1.97. The fraction of sp³-hybridized carbons (Fsp3) is 0.333. The van der Waals surface area contributed by atoms with Crippen LogP contribution in [0.15, 0.2) is 30.3 Å². The molecule has 15 heavy (non-hydrogen) atoms. The van der Waals surface area contributed by atoms with Crippen molar-refractivity contribution in [3.8, 4) is 0 Å². The highest BCUT2D eigenvalue weighted by Gasteiger charge is 2.50. The summed E-state index contributed by atoms with van der Waals surface area (Å²) in [4.78, 5) is 23.2. The Morgan fingerprint density at radius 1 is 1.20 bits per heavy atom. The Kier molecular flexibility index (Phi) is 2.11. The lowest BCUT2D eigenvalue weighted by molar-refractivity contribution is -0.126. The van der Waals surface area contributed by atoms with Crippen LogP contribution in [0.2, 0.25) is 0 Å². The third kappa shape index (κ3) is 1.27. The van der Waals surface area contributed by atoms with E-state index in [1.165, 1.54) is 0 Å². The lowest BCUT2D eigenvalue weighted by atomic mass is 9.74. The maximum atomic E-state index is 11.8. The van der Waals surface area contributed by atoms with E-state index < -0.39 is 5.41 Å². The molecular weight excluding hydrogens is 190 g/mol. The number of hydrogen-bond acceptors (Lipinski definition) is 2. The highest BCUT2D eigenvalue weighted by Crippen LogP contribution is 2.36. The molecule has 1 N–H and O–H groups in total. The number of rotatable bonds is 1. The Morgan fingerprint density at radius 2 is 1.80 bits per heavy atom. The van der Waals surface area contributed by atoms with Crippen molar-refractivity contribution in [3.63, 3.8) is 0 Å². The van der Waals surface area contributed by atoms with Crippen LogP contribution in [0.1, 0.15) is 19.4 Å². The number of benzene rings is 1. The Labute approximate surface area is 88.5 Å². The van der Waals surface area contributed by atoms with E-state index in [0.717, 1.165) is 5.56 Å². The van der Waals surface area contributed by atoms with Crippen molar-refractivity contribution in [2.24, 2.45) is 5.92 Å². The van der Waals surface area contributed by atoms with E-state index in [9.17, 15) is 9.59 Å². The molecule has 1 aliphatic rings. The quantitative estimate of drug-likeness (QED) is 0.698. The monoisotopic (exact) mass is 203 g/mol. The highest BCUT2D eigenvalue weighted by molar-refractivity contribution is 6.10. The summed E-state index contributed by atoms with van der Waals surface area (Å²) in [6, 6.07) is 9.42. The van der Waals surface area contributed by atoms with E-state index in [1.807, 2.05) is 37.3 Å². The number of hydrogen-bond donors (Lipinski definition) is 1. The minimum Gasteiger partial charge on any atom is -0.295 e. The minimum atomic E-state index is -0.724. The Balaban J connectivity index is 2.51. The molecule has 1 saturated heterocycles. The predicted molar refractivity (Wildman–Crippen MR) is 56.1 cm³/mol. The molecule has 3 heteroatoms. The van der Waals surface area contributed by atoms with Gasteiger partial charge in [-0.05, 0) is 12.5 Å². The molecule has 0 spiro atoms. The summed E-state index contributed by atoms with van der Waals surface area (Å²) in [5.74, 6) is -0.704. The number of carbonyl (C=O) groups excluding carboxylic acids is 2. The third-order valence-electron chi connectivity index (χ3n) is 3.34. The first kappa shape index (κ1) is 9.90. The smallest absolute Gasteiger partial charge is 0.237 e. The molecule has 0 aliphatic carbocycles. The molecule has 2 amide bonds. The van der Waals surface area contributed by atoms with Crippen LogP contribution >= 0.6 is 0 Å². The van der Waals surface area contributed by atoms with Crippen molar-refractivity contribution in [2.75, 3.05) is 0 Å². The summed E-state index contributed by atoms with van der Waals surface area (Å²) in [6.45, 7) is 3.60. The van der Waals surface area contributed by atoms with Crippen LogP contribution in [0.25, 0.3) is 0 Å². The first-order valence-electron chi connectivity index (χ1n) is 4.97. The van der Waals surface area contributed by atoms with Gasteiger partial charge in [0, 0.05) is 0 Å². The molecule has 1 fully saturated rings. The zero-order valence-corrected chi connectivity index (χ0v) is 8.78. The molecule has 0 radical (unpaired) electrons. The van der Waals surface area contributed by atoms with Crippen molar-refractivity contribution in [2.45, 2.75) is 19.3 Å². The molecule has 1 aromatic rings. The predicted octanol–water partition coefficient (Wildman–Crippen LogP) is 1.24. The van der Waals surface area contributed by atoms with E-state index in [1.54, 1.807) is 6.92 Å². The second kappa shape index (κ2) is 3.19. The van der Waals surface area contributed by atoms with Gasteiger partial charge in [0.15, 0.2) is 0 Å². The summed E-state index contributed by atoms with van der Waals surface area (Å²) in [7, 11) is 0. The van der Waals surface area contributed by atoms with Gasteiger partial charge in [-0.15, -0.1) is 0 Å². The molecule has 1 aliphatic heterocycles. The highest BCUT2D eigenvalue weighted by atomic mass is 16.2. The number of carbonyl (C=O) groups is 2. The average Bonchev–Trinajstić information content (AvgIpc) is 2.45. The molecule has 0 saturated carbocycles. The Morgan fingerprint density at radius 3 is 2.27 bits per heavy atom. The minimum absolute atomic E-state index is 0.189. The van der Waals surface area contributed by atoms with E-state index in [-0.39, 0.29) is 17.7 Å². The van der Waals surface area contributed by atoms with Crippen LogP contribution in [0.3, 0.4) is 0 Å². The molecule has 2 atom stereocenters. The third-order valence-corrected chi connectivity index (χ3v) is 3.34. The van der Waals surface area contributed by atoms with Crippen LogP contribution in [0, 0.1) is 5.92 Å². The number of amides is 2. The molecule has 2 rings (SSSR count). The van der Waals surface area contributed by atoms with Gasteiger partial charge in [0.25, 0.3) is 0 Å². The van der Waals surface area contributed by atoms with Gasteiger partial charge in [0.2, 0.25) is 11.8 Å².